The van der Waals surface area contributed by atoms with Crippen molar-refractivity contribution in [1.29, 1.82) is 0 Å². The summed E-state index contributed by atoms with van der Waals surface area (Å²) in [6.45, 7) is 4.00. The number of allylic oxidation sites excluding steroid dienone is 1. The first kappa shape index (κ1) is 18.3. The molecule has 2 N–H and O–H groups in total. The summed E-state index contributed by atoms with van der Waals surface area (Å²) >= 11 is 0.980. The summed E-state index contributed by atoms with van der Waals surface area (Å²) in [5, 5.41) is -0.269. The van der Waals surface area contributed by atoms with E-state index in [9.17, 15) is 9.59 Å². The lowest BCUT2D eigenvalue weighted by Crippen LogP contribution is -2.27. The molecule has 1 aliphatic rings. The fourth-order valence-electron chi connectivity index (χ4n) is 2.92. The van der Waals surface area contributed by atoms with Gasteiger partial charge in [-0.1, -0.05) is 37.6 Å². The minimum Gasteiger partial charge on any atom is -0.399 e. The van der Waals surface area contributed by atoms with Crippen LogP contribution < -0.4 is 10.6 Å². The predicted molar refractivity (Wildman–Crippen MR) is 109 cm³/mol. The highest BCUT2D eigenvalue weighted by Gasteiger charge is 2.37. The molecule has 2 amide bonds. The van der Waals surface area contributed by atoms with E-state index in [0.29, 0.717) is 16.3 Å². The minimum absolute atomic E-state index is 0.269. The summed E-state index contributed by atoms with van der Waals surface area (Å²) in [6, 6.07) is 15.0. The number of aryl methyl sites for hydroxylation is 1. The molecular weight excluding hydrogens is 344 g/mol. The molecule has 0 aromatic heterocycles. The van der Waals surface area contributed by atoms with Crippen LogP contribution in [0.5, 0.6) is 0 Å². The fourth-order valence-corrected chi connectivity index (χ4v) is 3.82. The average Bonchev–Trinajstić information content (AvgIpc) is 2.94. The van der Waals surface area contributed by atoms with Gasteiger partial charge in [0, 0.05) is 5.69 Å². The Morgan fingerprint density at radius 3 is 2.50 bits per heavy atom. The number of nitrogens with two attached hydrogens (primary N) is 1. The molecule has 0 aliphatic carbocycles. The summed E-state index contributed by atoms with van der Waals surface area (Å²) in [7, 11) is 0. The normalized spacial score (nSPS) is 16.3. The van der Waals surface area contributed by atoms with Crippen molar-refractivity contribution in [3.05, 3.63) is 64.6 Å². The van der Waals surface area contributed by atoms with Gasteiger partial charge in [0.2, 0.25) is 0 Å². The third kappa shape index (κ3) is 3.68. The Morgan fingerprint density at radius 2 is 1.85 bits per heavy atom. The van der Waals surface area contributed by atoms with E-state index in [4.69, 9.17) is 5.73 Å². The molecule has 134 valence electrons. The molecule has 3 rings (SSSR count). The minimum atomic E-state index is -0.277. The average molecular weight is 366 g/mol. The Balaban J connectivity index is 1.88. The van der Waals surface area contributed by atoms with Gasteiger partial charge in [-0.3, -0.25) is 9.59 Å². The number of amides is 2. The second-order valence-corrected chi connectivity index (χ2v) is 7.32. The second-order valence-electron chi connectivity index (χ2n) is 6.36. The molecule has 1 fully saturated rings. The van der Waals surface area contributed by atoms with Crippen LogP contribution in [0.2, 0.25) is 0 Å². The van der Waals surface area contributed by atoms with Crippen molar-refractivity contribution < 1.29 is 9.59 Å². The highest BCUT2D eigenvalue weighted by molar-refractivity contribution is 8.19. The van der Waals surface area contributed by atoms with Gasteiger partial charge in [0.25, 0.3) is 11.1 Å². The molecule has 0 bridgehead atoms. The molecule has 5 heteroatoms. The standard InChI is InChI=1S/C21H22N2O2S/c1-3-4-6-15-9-11-18(12-10-15)23-20(24)19(26-21(23)25)14(2)16-7-5-8-17(22)13-16/h5,7-13H,3-4,6,22H2,1-2H3/b19-14-. The summed E-state index contributed by atoms with van der Waals surface area (Å²) in [6.07, 6.45) is 3.27. The monoisotopic (exact) mass is 366 g/mol. The number of benzene rings is 2. The summed E-state index contributed by atoms with van der Waals surface area (Å²) in [5.41, 5.74) is 9.91. The Bertz CT molecular complexity index is 872. The molecule has 0 radical (unpaired) electrons. The van der Waals surface area contributed by atoms with Gasteiger partial charge in [0.1, 0.15) is 0 Å². The maximum Gasteiger partial charge on any atom is 0.298 e. The number of thioether (sulfide) groups is 1. The Hall–Kier alpha value is -2.53. The zero-order valence-corrected chi connectivity index (χ0v) is 15.8. The highest BCUT2D eigenvalue weighted by atomic mass is 32.2. The largest absolute Gasteiger partial charge is 0.399 e. The Morgan fingerprint density at radius 1 is 1.12 bits per heavy atom. The lowest BCUT2D eigenvalue weighted by atomic mass is 10.1. The van der Waals surface area contributed by atoms with Crippen LogP contribution in [-0.4, -0.2) is 11.1 Å². The SMILES string of the molecule is CCCCc1ccc(N2C(=O)S/C(=C(/C)c3cccc(N)c3)C2=O)cc1. The number of nitrogens with zero attached hydrogens (tertiary/aromatic N) is 1. The molecule has 0 atom stereocenters. The van der Waals surface area contributed by atoms with Gasteiger partial charge >= 0.3 is 0 Å². The number of anilines is 2. The van der Waals surface area contributed by atoms with E-state index in [2.05, 4.69) is 6.92 Å². The molecule has 1 saturated heterocycles. The van der Waals surface area contributed by atoms with Gasteiger partial charge in [0.05, 0.1) is 10.6 Å². The number of imide groups is 1. The van der Waals surface area contributed by atoms with Crippen LogP contribution >= 0.6 is 11.8 Å². The molecule has 0 saturated carbocycles. The maximum atomic E-state index is 12.9. The number of carbonyl (C=O) groups excluding carboxylic acids is 2. The molecule has 1 heterocycles. The van der Waals surface area contributed by atoms with E-state index < -0.39 is 0 Å². The lowest BCUT2D eigenvalue weighted by molar-refractivity contribution is -0.113. The molecule has 4 nitrogen and oxygen atoms in total. The van der Waals surface area contributed by atoms with Crippen molar-refractivity contribution in [2.75, 3.05) is 10.6 Å². The number of rotatable bonds is 5. The van der Waals surface area contributed by atoms with E-state index in [1.165, 1.54) is 10.5 Å². The first-order chi connectivity index (χ1) is 12.5. The first-order valence-electron chi connectivity index (χ1n) is 8.73. The summed E-state index contributed by atoms with van der Waals surface area (Å²) in [4.78, 5) is 27.0. The van der Waals surface area contributed by atoms with Gasteiger partial charge in [-0.15, -0.1) is 0 Å². The predicted octanol–water partition coefficient (Wildman–Crippen LogP) is 5.24. The van der Waals surface area contributed by atoms with E-state index in [1.54, 1.807) is 6.07 Å². The van der Waals surface area contributed by atoms with Crippen LogP contribution in [0.25, 0.3) is 5.57 Å². The zero-order valence-electron chi connectivity index (χ0n) is 15.0. The molecule has 2 aromatic rings. The fraction of sp³-hybridized carbons (Fsp3) is 0.238. The number of carbonyl (C=O) groups is 2. The van der Waals surface area contributed by atoms with Crippen LogP contribution in [-0.2, 0) is 11.2 Å². The molecule has 1 aliphatic heterocycles. The summed E-state index contributed by atoms with van der Waals surface area (Å²) in [5.74, 6) is -0.277. The van der Waals surface area contributed by atoms with E-state index in [1.807, 2.05) is 49.4 Å². The number of unbranched alkanes of at least 4 members (excludes halogenated alkanes) is 1. The van der Waals surface area contributed by atoms with E-state index >= 15 is 0 Å². The Kier molecular flexibility index (Phi) is 5.47. The van der Waals surface area contributed by atoms with E-state index in [-0.39, 0.29) is 11.1 Å². The highest BCUT2D eigenvalue weighted by Crippen LogP contribution is 2.39. The summed E-state index contributed by atoms with van der Waals surface area (Å²) < 4.78 is 0. The molecule has 0 spiro atoms. The van der Waals surface area contributed by atoms with Crippen LogP contribution in [0.15, 0.2) is 53.4 Å². The van der Waals surface area contributed by atoms with Crippen molar-refractivity contribution in [1.82, 2.24) is 0 Å². The van der Waals surface area contributed by atoms with Gasteiger partial charge in [0.15, 0.2) is 0 Å². The number of nitrogen functional groups attached to an aromatic ring is 1. The van der Waals surface area contributed by atoms with Crippen molar-refractivity contribution >= 4 is 39.9 Å². The molecule has 26 heavy (non-hydrogen) atoms. The molecular formula is C21H22N2O2S. The molecule has 0 unspecified atom stereocenters. The second kappa shape index (κ2) is 7.79. The van der Waals surface area contributed by atoms with Gasteiger partial charge in [-0.05, 0) is 72.5 Å². The number of hydrogen-bond acceptors (Lipinski definition) is 4. The van der Waals surface area contributed by atoms with Crippen LogP contribution in [0.4, 0.5) is 16.2 Å². The van der Waals surface area contributed by atoms with Crippen LogP contribution in [0.1, 0.15) is 37.8 Å². The smallest absolute Gasteiger partial charge is 0.298 e. The van der Waals surface area contributed by atoms with Gasteiger partial charge in [-0.2, -0.15) is 0 Å². The van der Waals surface area contributed by atoms with Crippen molar-refractivity contribution in [3.8, 4) is 0 Å². The van der Waals surface area contributed by atoms with Crippen molar-refractivity contribution in [2.24, 2.45) is 0 Å². The lowest BCUT2D eigenvalue weighted by Gasteiger charge is -2.13. The maximum absolute atomic E-state index is 12.9. The van der Waals surface area contributed by atoms with E-state index in [0.717, 1.165) is 42.2 Å². The Labute approximate surface area is 158 Å². The van der Waals surface area contributed by atoms with Crippen molar-refractivity contribution in [3.63, 3.8) is 0 Å². The quantitative estimate of drug-likeness (QED) is 0.580. The third-order valence-electron chi connectivity index (χ3n) is 4.44. The van der Waals surface area contributed by atoms with Crippen LogP contribution in [0.3, 0.4) is 0 Å². The van der Waals surface area contributed by atoms with Crippen molar-refractivity contribution in [2.45, 2.75) is 33.1 Å². The van der Waals surface area contributed by atoms with Crippen LogP contribution in [0, 0.1) is 0 Å². The first-order valence-corrected chi connectivity index (χ1v) is 9.55. The topological polar surface area (TPSA) is 63.4 Å². The zero-order chi connectivity index (χ0) is 18.7. The van der Waals surface area contributed by atoms with Gasteiger partial charge < -0.3 is 5.73 Å². The van der Waals surface area contributed by atoms with Gasteiger partial charge in [-0.25, -0.2) is 4.90 Å². The number of hydrogen-bond donors (Lipinski definition) is 1. The molecule has 2 aromatic carbocycles. The third-order valence-corrected chi connectivity index (χ3v) is 5.49.